The van der Waals surface area contributed by atoms with Crippen LogP contribution in [0, 0.1) is 0 Å². The summed E-state index contributed by atoms with van der Waals surface area (Å²) in [6, 6.07) is 1.30. The Morgan fingerprint density at radius 1 is 1.70 bits per heavy atom. The number of aldehydes is 1. The van der Waals surface area contributed by atoms with Crippen molar-refractivity contribution >= 4 is 17.9 Å². The fraction of sp³-hybridized carbons (Fsp3) is 0. The minimum atomic E-state index is -0.153. The summed E-state index contributed by atoms with van der Waals surface area (Å²) in [6.45, 7) is 0. The monoisotopic (exact) mass is 157 g/mol. The second kappa shape index (κ2) is 2.66. The average molecular weight is 158 g/mol. The largest absolute Gasteiger partial charge is 0.506 e. The molecular formula is C6H4ClNO2. The van der Waals surface area contributed by atoms with Gasteiger partial charge >= 0.3 is 0 Å². The van der Waals surface area contributed by atoms with Crippen LogP contribution in [0.1, 0.15) is 10.4 Å². The smallest absolute Gasteiger partial charge is 0.153 e. The number of carbonyl (C=O) groups excluding carboxylic acids is 1. The average Bonchev–Trinajstić information content (AvgIpc) is 1.94. The molecule has 1 rings (SSSR count). The summed E-state index contributed by atoms with van der Waals surface area (Å²) >= 11 is 5.41. The van der Waals surface area contributed by atoms with Crippen molar-refractivity contribution in [2.75, 3.05) is 0 Å². The summed E-state index contributed by atoms with van der Waals surface area (Å²) in [7, 11) is 0. The van der Waals surface area contributed by atoms with Crippen LogP contribution in [0.15, 0.2) is 12.3 Å². The van der Waals surface area contributed by atoms with Crippen LogP contribution in [0.25, 0.3) is 0 Å². The third kappa shape index (κ3) is 1.25. The van der Waals surface area contributed by atoms with Gasteiger partial charge in [0.05, 0.1) is 11.8 Å². The molecule has 0 aliphatic heterocycles. The Morgan fingerprint density at radius 3 is 2.90 bits per heavy atom. The highest BCUT2D eigenvalue weighted by atomic mass is 35.5. The molecule has 0 aliphatic carbocycles. The topological polar surface area (TPSA) is 50.2 Å². The van der Waals surface area contributed by atoms with Crippen LogP contribution in [0.5, 0.6) is 5.75 Å². The molecule has 52 valence electrons. The van der Waals surface area contributed by atoms with Crippen LogP contribution in [0.4, 0.5) is 0 Å². The predicted molar refractivity (Wildman–Crippen MR) is 36.3 cm³/mol. The van der Waals surface area contributed by atoms with Crippen LogP contribution in [-0.2, 0) is 0 Å². The van der Waals surface area contributed by atoms with Crippen molar-refractivity contribution in [2.45, 2.75) is 0 Å². The van der Waals surface area contributed by atoms with E-state index < -0.39 is 0 Å². The van der Waals surface area contributed by atoms with Crippen molar-refractivity contribution in [2.24, 2.45) is 0 Å². The standard InChI is InChI=1S/C6H4ClNO2/c7-6-1-4(3-9)5(10)2-8-6/h1-3,10H. The van der Waals surface area contributed by atoms with Crippen molar-refractivity contribution in [3.63, 3.8) is 0 Å². The van der Waals surface area contributed by atoms with Gasteiger partial charge in [0.15, 0.2) is 6.29 Å². The molecule has 0 saturated carbocycles. The highest BCUT2D eigenvalue weighted by molar-refractivity contribution is 6.29. The van der Waals surface area contributed by atoms with Crippen LogP contribution in [-0.4, -0.2) is 16.4 Å². The summed E-state index contributed by atoms with van der Waals surface area (Å²) in [4.78, 5) is 13.7. The minimum Gasteiger partial charge on any atom is -0.506 e. The van der Waals surface area contributed by atoms with E-state index in [1.54, 1.807) is 0 Å². The zero-order chi connectivity index (χ0) is 7.56. The number of carbonyl (C=O) groups is 1. The maximum atomic E-state index is 10.1. The molecule has 4 heteroatoms. The summed E-state index contributed by atoms with van der Waals surface area (Å²) in [5.41, 5.74) is 0.153. The van der Waals surface area contributed by atoms with Gasteiger partial charge in [-0.1, -0.05) is 11.6 Å². The van der Waals surface area contributed by atoms with Crippen LogP contribution in [0.2, 0.25) is 5.15 Å². The van der Waals surface area contributed by atoms with Gasteiger partial charge in [-0.2, -0.15) is 0 Å². The molecule has 1 heterocycles. The lowest BCUT2D eigenvalue weighted by Gasteiger charge is -1.94. The van der Waals surface area contributed by atoms with Crippen molar-refractivity contribution in [1.29, 1.82) is 0 Å². The molecule has 0 spiro atoms. The maximum Gasteiger partial charge on any atom is 0.153 e. The molecule has 0 unspecified atom stereocenters. The highest BCUT2D eigenvalue weighted by Gasteiger charge is 1.99. The van der Waals surface area contributed by atoms with Gasteiger partial charge in [0.2, 0.25) is 0 Å². The first-order chi connectivity index (χ1) is 4.74. The van der Waals surface area contributed by atoms with Gasteiger partial charge < -0.3 is 5.11 Å². The molecular weight excluding hydrogens is 154 g/mol. The maximum absolute atomic E-state index is 10.1. The molecule has 1 aromatic rings. The van der Waals surface area contributed by atoms with Crippen LogP contribution in [0.3, 0.4) is 0 Å². The molecule has 0 aliphatic rings. The third-order valence-electron chi connectivity index (χ3n) is 1.01. The quantitative estimate of drug-likeness (QED) is 0.493. The molecule has 0 bridgehead atoms. The van der Waals surface area contributed by atoms with E-state index >= 15 is 0 Å². The Morgan fingerprint density at radius 2 is 2.40 bits per heavy atom. The van der Waals surface area contributed by atoms with E-state index in [2.05, 4.69) is 4.98 Å². The van der Waals surface area contributed by atoms with Gasteiger partial charge in [-0.3, -0.25) is 4.79 Å². The van der Waals surface area contributed by atoms with Crippen molar-refractivity contribution in [1.82, 2.24) is 4.98 Å². The van der Waals surface area contributed by atoms with Crippen molar-refractivity contribution in [3.05, 3.63) is 23.0 Å². The SMILES string of the molecule is O=Cc1cc(Cl)ncc1O. The summed E-state index contributed by atoms with van der Waals surface area (Å²) in [5, 5.41) is 9.08. The van der Waals surface area contributed by atoms with Gasteiger partial charge in [-0.15, -0.1) is 0 Å². The second-order valence-electron chi connectivity index (χ2n) is 1.68. The Bertz CT molecular complexity index is 262. The molecule has 0 amide bonds. The zero-order valence-corrected chi connectivity index (χ0v) is 5.67. The number of nitrogens with zero attached hydrogens (tertiary/aromatic N) is 1. The molecule has 3 nitrogen and oxygen atoms in total. The molecule has 0 aromatic carbocycles. The molecule has 1 aromatic heterocycles. The fourth-order valence-corrected chi connectivity index (χ4v) is 0.698. The minimum absolute atomic E-state index is 0.153. The predicted octanol–water partition coefficient (Wildman–Crippen LogP) is 1.25. The molecule has 0 fully saturated rings. The van der Waals surface area contributed by atoms with E-state index in [0.29, 0.717) is 6.29 Å². The van der Waals surface area contributed by atoms with E-state index in [1.165, 1.54) is 6.07 Å². The lowest BCUT2D eigenvalue weighted by Crippen LogP contribution is -1.82. The summed E-state index contributed by atoms with van der Waals surface area (Å²) < 4.78 is 0. The van der Waals surface area contributed by atoms with Gasteiger partial charge in [0.1, 0.15) is 10.9 Å². The normalized spacial score (nSPS) is 9.30. The number of pyridine rings is 1. The van der Waals surface area contributed by atoms with Crippen molar-refractivity contribution in [3.8, 4) is 5.75 Å². The Balaban J connectivity index is 3.21. The summed E-state index contributed by atoms with van der Waals surface area (Å²) in [5.74, 6) is -0.153. The molecule has 1 N–H and O–H groups in total. The number of hydrogen-bond donors (Lipinski definition) is 1. The number of aromatic nitrogens is 1. The lowest BCUT2D eigenvalue weighted by atomic mass is 10.3. The number of rotatable bonds is 1. The molecule has 10 heavy (non-hydrogen) atoms. The van der Waals surface area contributed by atoms with E-state index in [1.807, 2.05) is 0 Å². The Labute approximate surface area is 62.3 Å². The van der Waals surface area contributed by atoms with Gasteiger partial charge in [0, 0.05) is 0 Å². The summed E-state index contributed by atoms with van der Waals surface area (Å²) in [6.07, 6.45) is 1.65. The van der Waals surface area contributed by atoms with Gasteiger partial charge in [0.25, 0.3) is 0 Å². The third-order valence-corrected chi connectivity index (χ3v) is 1.21. The lowest BCUT2D eigenvalue weighted by molar-refractivity contribution is 0.112. The van der Waals surface area contributed by atoms with E-state index in [0.717, 1.165) is 6.20 Å². The second-order valence-corrected chi connectivity index (χ2v) is 2.07. The van der Waals surface area contributed by atoms with E-state index in [9.17, 15) is 4.79 Å². The fourth-order valence-electron chi connectivity index (χ4n) is 0.531. The van der Waals surface area contributed by atoms with Gasteiger partial charge in [-0.05, 0) is 6.07 Å². The molecule has 0 atom stereocenters. The van der Waals surface area contributed by atoms with E-state index in [4.69, 9.17) is 16.7 Å². The Hall–Kier alpha value is -1.09. The van der Waals surface area contributed by atoms with Crippen LogP contribution < -0.4 is 0 Å². The van der Waals surface area contributed by atoms with Gasteiger partial charge in [-0.25, -0.2) is 4.98 Å². The first-order valence-electron chi connectivity index (χ1n) is 2.53. The first-order valence-corrected chi connectivity index (χ1v) is 2.91. The van der Waals surface area contributed by atoms with Crippen LogP contribution >= 0.6 is 11.6 Å². The highest BCUT2D eigenvalue weighted by Crippen LogP contribution is 2.15. The first kappa shape index (κ1) is 7.02. The zero-order valence-electron chi connectivity index (χ0n) is 4.91. The Kier molecular flexibility index (Phi) is 1.87. The number of halogens is 1. The van der Waals surface area contributed by atoms with Crippen molar-refractivity contribution < 1.29 is 9.90 Å². The van der Waals surface area contributed by atoms with E-state index in [-0.39, 0.29) is 16.5 Å². The number of aromatic hydroxyl groups is 1. The molecule has 0 saturated heterocycles. The molecule has 0 radical (unpaired) electrons. The number of hydrogen-bond acceptors (Lipinski definition) is 3.